The van der Waals surface area contributed by atoms with E-state index in [1.807, 2.05) is 37.3 Å². The van der Waals surface area contributed by atoms with Crippen LogP contribution in [-0.2, 0) is 4.79 Å². The predicted octanol–water partition coefficient (Wildman–Crippen LogP) is 2.82. The minimum absolute atomic E-state index is 0.115. The quantitative estimate of drug-likeness (QED) is 0.761. The molecule has 0 atom stereocenters. The topological polar surface area (TPSA) is 29.1 Å². The van der Waals surface area contributed by atoms with Gasteiger partial charge in [0.15, 0.2) is 0 Å². The number of carbonyl (C=O) groups excluding carboxylic acids is 1. The van der Waals surface area contributed by atoms with Crippen LogP contribution in [0.15, 0.2) is 30.3 Å². The third-order valence-electron chi connectivity index (χ3n) is 3.04. The monoisotopic (exact) mass is 189 g/mol. The van der Waals surface area contributed by atoms with E-state index in [1.165, 1.54) is 6.42 Å². The molecule has 74 valence electrons. The van der Waals surface area contributed by atoms with Gasteiger partial charge in [-0.2, -0.15) is 0 Å². The molecule has 0 aliphatic heterocycles. The van der Waals surface area contributed by atoms with E-state index in [1.54, 1.807) is 0 Å². The van der Waals surface area contributed by atoms with Crippen LogP contribution in [0.2, 0.25) is 0 Å². The van der Waals surface area contributed by atoms with Crippen molar-refractivity contribution in [1.82, 2.24) is 0 Å². The van der Waals surface area contributed by atoms with E-state index in [2.05, 4.69) is 5.32 Å². The zero-order valence-corrected chi connectivity index (χ0v) is 8.42. The molecule has 1 aromatic carbocycles. The molecule has 2 rings (SSSR count). The van der Waals surface area contributed by atoms with Crippen LogP contribution >= 0.6 is 0 Å². The molecule has 1 amide bonds. The van der Waals surface area contributed by atoms with Crippen molar-refractivity contribution in [2.45, 2.75) is 26.2 Å². The van der Waals surface area contributed by atoms with Gasteiger partial charge in [-0.1, -0.05) is 31.5 Å². The summed E-state index contributed by atoms with van der Waals surface area (Å²) in [4.78, 5) is 11.8. The third kappa shape index (κ3) is 1.65. The highest BCUT2D eigenvalue weighted by Crippen LogP contribution is 2.41. The van der Waals surface area contributed by atoms with E-state index in [4.69, 9.17) is 0 Å². The number of nitrogens with one attached hydrogen (secondary N) is 1. The van der Waals surface area contributed by atoms with Crippen LogP contribution in [-0.4, -0.2) is 5.91 Å². The molecule has 14 heavy (non-hydrogen) atoms. The minimum atomic E-state index is -0.115. The van der Waals surface area contributed by atoms with Crippen molar-refractivity contribution in [3.8, 4) is 0 Å². The lowest BCUT2D eigenvalue weighted by molar-refractivity contribution is -0.128. The molecule has 1 saturated carbocycles. The second kappa shape index (κ2) is 3.45. The van der Waals surface area contributed by atoms with E-state index in [0.717, 1.165) is 18.5 Å². The van der Waals surface area contributed by atoms with Gasteiger partial charge in [0.25, 0.3) is 0 Å². The molecule has 1 aromatic rings. The fourth-order valence-electron chi connectivity index (χ4n) is 1.74. The van der Waals surface area contributed by atoms with Gasteiger partial charge in [0, 0.05) is 11.1 Å². The summed E-state index contributed by atoms with van der Waals surface area (Å²) in [6.45, 7) is 2.04. The summed E-state index contributed by atoms with van der Waals surface area (Å²) < 4.78 is 0. The molecule has 0 saturated heterocycles. The fraction of sp³-hybridized carbons (Fsp3) is 0.417. The molecular weight excluding hydrogens is 174 g/mol. The Balaban J connectivity index is 2.02. The van der Waals surface area contributed by atoms with Crippen LogP contribution < -0.4 is 5.32 Å². The summed E-state index contributed by atoms with van der Waals surface area (Å²) in [5.74, 6) is 0.162. The summed E-state index contributed by atoms with van der Waals surface area (Å²) in [6.07, 6.45) is 3.22. The number of hydrogen-bond donors (Lipinski definition) is 1. The highest BCUT2D eigenvalue weighted by atomic mass is 16.2. The van der Waals surface area contributed by atoms with Crippen molar-refractivity contribution < 1.29 is 4.79 Å². The molecule has 2 nitrogen and oxygen atoms in total. The Morgan fingerprint density at radius 3 is 2.43 bits per heavy atom. The second-order valence-electron chi connectivity index (χ2n) is 4.23. The Hall–Kier alpha value is -1.31. The van der Waals surface area contributed by atoms with Gasteiger partial charge >= 0.3 is 0 Å². The van der Waals surface area contributed by atoms with Gasteiger partial charge in [0.1, 0.15) is 0 Å². The van der Waals surface area contributed by atoms with Crippen molar-refractivity contribution >= 4 is 11.6 Å². The maximum absolute atomic E-state index is 11.8. The smallest absolute Gasteiger partial charge is 0.230 e. The highest BCUT2D eigenvalue weighted by Gasteiger charge is 2.39. The number of amides is 1. The average Bonchev–Trinajstić information content (AvgIpc) is 2.15. The first-order valence-corrected chi connectivity index (χ1v) is 5.07. The Kier molecular flexibility index (Phi) is 2.28. The number of para-hydroxylation sites is 1. The van der Waals surface area contributed by atoms with Crippen molar-refractivity contribution in [2.75, 3.05) is 5.32 Å². The summed E-state index contributed by atoms with van der Waals surface area (Å²) >= 11 is 0. The number of carbonyl (C=O) groups is 1. The highest BCUT2D eigenvalue weighted by molar-refractivity contribution is 5.95. The predicted molar refractivity (Wildman–Crippen MR) is 57.0 cm³/mol. The molecule has 0 heterocycles. The van der Waals surface area contributed by atoms with E-state index in [0.29, 0.717) is 0 Å². The van der Waals surface area contributed by atoms with E-state index in [9.17, 15) is 4.79 Å². The number of hydrogen-bond acceptors (Lipinski definition) is 1. The van der Waals surface area contributed by atoms with Gasteiger partial charge in [-0.05, 0) is 25.0 Å². The second-order valence-corrected chi connectivity index (χ2v) is 4.23. The maximum Gasteiger partial charge on any atom is 0.230 e. The summed E-state index contributed by atoms with van der Waals surface area (Å²) in [5.41, 5.74) is 0.779. The summed E-state index contributed by atoms with van der Waals surface area (Å²) in [7, 11) is 0. The third-order valence-corrected chi connectivity index (χ3v) is 3.04. The SMILES string of the molecule is CC1(C(=O)Nc2ccccc2)CCC1. The van der Waals surface area contributed by atoms with E-state index >= 15 is 0 Å². The van der Waals surface area contributed by atoms with Gasteiger partial charge in [-0.15, -0.1) is 0 Å². The molecule has 1 aliphatic rings. The van der Waals surface area contributed by atoms with Gasteiger partial charge in [0.05, 0.1) is 0 Å². The molecule has 1 fully saturated rings. The molecule has 2 heteroatoms. The maximum atomic E-state index is 11.8. The largest absolute Gasteiger partial charge is 0.326 e. The van der Waals surface area contributed by atoms with Gasteiger partial charge in [0.2, 0.25) is 5.91 Å². The lowest BCUT2D eigenvalue weighted by Gasteiger charge is -2.36. The molecule has 0 spiro atoms. The first-order chi connectivity index (χ1) is 6.71. The summed E-state index contributed by atoms with van der Waals surface area (Å²) in [5, 5.41) is 2.95. The average molecular weight is 189 g/mol. The molecular formula is C12H15NO. The van der Waals surface area contributed by atoms with Crippen molar-refractivity contribution in [3.63, 3.8) is 0 Å². The number of benzene rings is 1. The van der Waals surface area contributed by atoms with Gasteiger partial charge in [-0.25, -0.2) is 0 Å². The zero-order chi connectivity index (χ0) is 10.0. The number of anilines is 1. The van der Waals surface area contributed by atoms with Gasteiger partial charge in [-0.3, -0.25) is 4.79 Å². The molecule has 0 bridgehead atoms. The van der Waals surface area contributed by atoms with Crippen LogP contribution in [0.3, 0.4) is 0 Å². The Labute approximate surface area is 84.3 Å². The minimum Gasteiger partial charge on any atom is -0.326 e. The Morgan fingerprint density at radius 2 is 1.93 bits per heavy atom. The van der Waals surface area contributed by atoms with E-state index in [-0.39, 0.29) is 11.3 Å². The van der Waals surface area contributed by atoms with Crippen LogP contribution in [0.4, 0.5) is 5.69 Å². The lowest BCUT2D eigenvalue weighted by Crippen LogP contribution is -2.39. The summed E-state index contributed by atoms with van der Waals surface area (Å²) in [6, 6.07) is 9.64. The van der Waals surface area contributed by atoms with Crippen LogP contribution in [0.25, 0.3) is 0 Å². The first kappa shape index (κ1) is 9.25. The normalized spacial score (nSPS) is 18.4. The molecule has 1 aliphatic carbocycles. The standard InChI is InChI=1S/C12H15NO/c1-12(8-5-9-12)11(14)13-10-6-3-2-4-7-10/h2-4,6-7H,5,8-9H2,1H3,(H,13,14). The van der Waals surface area contributed by atoms with Crippen molar-refractivity contribution in [2.24, 2.45) is 5.41 Å². The van der Waals surface area contributed by atoms with Crippen LogP contribution in [0, 0.1) is 5.41 Å². The number of rotatable bonds is 2. The molecule has 0 radical (unpaired) electrons. The molecule has 0 aromatic heterocycles. The first-order valence-electron chi connectivity index (χ1n) is 5.07. The Morgan fingerprint density at radius 1 is 1.29 bits per heavy atom. The fourth-order valence-corrected chi connectivity index (χ4v) is 1.74. The van der Waals surface area contributed by atoms with Crippen molar-refractivity contribution in [1.29, 1.82) is 0 Å². The van der Waals surface area contributed by atoms with E-state index < -0.39 is 0 Å². The van der Waals surface area contributed by atoms with Crippen LogP contribution in [0.5, 0.6) is 0 Å². The molecule has 0 unspecified atom stereocenters. The van der Waals surface area contributed by atoms with Crippen LogP contribution in [0.1, 0.15) is 26.2 Å². The van der Waals surface area contributed by atoms with Gasteiger partial charge < -0.3 is 5.32 Å². The molecule has 1 N–H and O–H groups in total. The Bertz CT molecular complexity index is 327. The zero-order valence-electron chi connectivity index (χ0n) is 8.42. The van der Waals surface area contributed by atoms with Crippen molar-refractivity contribution in [3.05, 3.63) is 30.3 Å². The lowest BCUT2D eigenvalue weighted by atomic mass is 9.70.